The van der Waals surface area contributed by atoms with Crippen LogP contribution in [0.4, 0.5) is 4.39 Å². The number of hydrogen-bond donors (Lipinski definition) is 5. The molecule has 0 fully saturated rings. The maximum Gasteiger partial charge on any atom is 0.255 e. The van der Waals surface area contributed by atoms with Crippen molar-refractivity contribution in [3.05, 3.63) is 81.6 Å². The van der Waals surface area contributed by atoms with E-state index in [4.69, 9.17) is 10.5 Å². The van der Waals surface area contributed by atoms with E-state index in [-0.39, 0.29) is 65.5 Å². The van der Waals surface area contributed by atoms with Crippen LogP contribution in [0.2, 0.25) is 0 Å². The topological polar surface area (TPSA) is 162 Å². The van der Waals surface area contributed by atoms with Crippen LogP contribution in [0.5, 0.6) is 11.5 Å². The number of ether oxygens (including phenoxy) is 1. The number of benzene rings is 2. The smallest absolute Gasteiger partial charge is 0.255 e. The molecule has 46 heavy (non-hydrogen) atoms. The van der Waals surface area contributed by atoms with Crippen molar-refractivity contribution in [3.8, 4) is 11.5 Å². The van der Waals surface area contributed by atoms with Gasteiger partial charge in [-0.05, 0) is 63.4 Å². The molecule has 5 rings (SSSR count). The lowest BCUT2D eigenvalue weighted by Gasteiger charge is -2.52. The molecule has 0 spiro atoms. The number of carbonyl (C=O) groups is 3. The van der Waals surface area contributed by atoms with Gasteiger partial charge in [0, 0.05) is 35.2 Å². The van der Waals surface area contributed by atoms with E-state index in [1.54, 1.807) is 56.3 Å². The lowest BCUT2D eigenvalue weighted by atomic mass is 9.54. The minimum Gasteiger partial charge on any atom is -0.510 e. The predicted molar refractivity (Wildman–Crippen MR) is 168 cm³/mol. The van der Waals surface area contributed by atoms with Gasteiger partial charge in [-0.2, -0.15) is 0 Å². The third-order valence-electron chi connectivity index (χ3n) is 9.89. The molecule has 11 heteroatoms. The van der Waals surface area contributed by atoms with Crippen LogP contribution in [0.25, 0.3) is 0 Å². The number of phenols is 1. The van der Waals surface area contributed by atoms with Crippen LogP contribution in [0.15, 0.2) is 59.1 Å². The molecular weight excluding hydrogens is 593 g/mol. The lowest BCUT2D eigenvalue weighted by Crippen LogP contribution is -2.59. The average molecular weight is 636 g/mol. The molecule has 0 saturated heterocycles. The number of nitrogens with two attached hydrogens (primary N) is 1. The Labute approximate surface area is 267 Å². The van der Waals surface area contributed by atoms with Crippen LogP contribution in [0, 0.1) is 28.5 Å². The molecule has 2 aromatic carbocycles. The fraction of sp³-hybridized carbons (Fsp3) is 0.457. The number of carbonyl (C=O) groups excluding carboxylic acids is 3. The summed E-state index contributed by atoms with van der Waals surface area (Å²) in [5.74, 6) is -5.09. The highest BCUT2D eigenvalue weighted by atomic mass is 19.1. The van der Waals surface area contributed by atoms with Gasteiger partial charge in [0.1, 0.15) is 34.4 Å². The van der Waals surface area contributed by atoms with Crippen molar-refractivity contribution in [2.24, 2.45) is 28.4 Å². The molecule has 2 aromatic rings. The van der Waals surface area contributed by atoms with Crippen molar-refractivity contribution >= 4 is 17.5 Å². The van der Waals surface area contributed by atoms with Gasteiger partial charge in [0.15, 0.2) is 11.6 Å². The molecule has 0 aromatic heterocycles. The quantitative estimate of drug-likeness (QED) is 0.273. The van der Waals surface area contributed by atoms with Crippen molar-refractivity contribution in [1.29, 1.82) is 0 Å². The second-order valence-electron chi connectivity index (χ2n) is 14.0. The number of phenolic OH excluding ortho intramolecular Hbond substituents is 1. The Bertz CT molecular complexity index is 1660. The number of para-hydroxylation sites is 1. The molecule has 0 aliphatic heterocycles. The normalized spacial score (nSPS) is 25.3. The Kier molecular flexibility index (Phi) is 8.65. The van der Waals surface area contributed by atoms with E-state index < -0.39 is 63.7 Å². The standard InChI is InChI=1S/C35H42FN3O7/c1-34(2,3)23(16-40)38-15-18-14-22(41)25-20(27(18)36)12-17-13-21-28(39(5)6)30(43)26(33(37)45)31(44)35(21,4)32(24(17)29(25)42)46-19-10-8-7-9-11-19/h7-11,14,17,21,23,28,38,40-41,43H,12-13,15-16H2,1-6H3,(H2,37,45)/t17-,21-,23+,28-,35-/m0/s1. The number of nitrogens with zero attached hydrogens (tertiary/aromatic N) is 1. The third kappa shape index (κ3) is 5.30. The number of aliphatic hydroxyl groups excluding tert-OH is 2. The van der Waals surface area contributed by atoms with Gasteiger partial charge in [0.05, 0.1) is 23.6 Å². The van der Waals surface area contributed by atoms with Gasteiger partial charge in [0.25, 0.3) is 5.91 Å². The summed E-state index contributed by atoms with van der Waals surface area (Å²) in [7, 11) is 3.39. The molecule has 0 radical (unpaired) electrons. The molecule has 3 aliphatic rings. The summed E-state index contributed by atoms with van der Waals surface area (Å²) >= 11 is 0. The minimum absolute atomic E-state index is 0.00551. The second kappa shape index (κ2) is 11.9. The monoisotopic (exact) mass is 635 g/mol. The number of fused-ring (bicyclic) bond motifs is 3. The highest BCUT2D eigenvalue weighted by molar-refractivity contribution is 6.23. The van der Waals surface area contributed by atoms with Crippen LogP contribution in [-0.4, -0.2) is 70.5 Å². The largest absolute Gasteiger partial charge is 0.510 e. The number of aromatic hydroxyl groups is 1. The summed E-state index contributed by atoms with van der Waals surface area (Å²) in [4.78, 5) is 42.9. The summed E-state index contributed by atoms with van der Waals surface area (Å²) < 4.78 is 22.7. The SMILES string of the molecule is CN(C)[C@@H]1C(O)=C(C(N)=O)C(=O)[C@@]2(C)C(Oc3ccccc3)=C3C(=O)c4c(O)cc(CN[C@H](CO)C(C)(C)C)c(F)c4C[C@H]3C[C@@H]12. The van der Waals surface area contributed by atoms with Crippen molar-refractivity contribution < 1.29 is 38.8 Å². The van der Waals surface area contributed by atoms with Crippen LogP contribution >= 0.6 is 0 Å². The molecule has 1 amide bonds. The average Bonchev–Trinajstić information content (AvgIpc) is 2.96. The zero-order chi connectivity index (χ0) is 33.9. The van der Waals surface area contributed by atoms with Crippen molar-refractivity contribution in [1.82, 2.24) is 10.2 Å². The zero-order valence-corrected chi connectivity index (χ0v) is 27.0. The molecule has 5 atom stereocenters. The van der Waals surface area contributed by atoms with E-state index in [1.165, 1.54) is 6.07 Å². The Balaban J connectivity index is 1.70. The maximum atomic E-state index is 16.3. The van der Waals surface area contributed by atoms with Crippen molar-refractivity contribution in [3.63, 3.8) is 0 Å². The lowest BCUT2D eigenvalue weighted by molar-refractivity contribution is -0.133. The molecule has 10 nitrogen and oxygen atoms in total. The van der Waals surface area contributed by atoms with Crippen LogP contribution in [-0.2, 0) is 22.6 Å². The van der Waals surface area contributed by atoms with Gasteiger partial charge in [-0.25, -0.2) is 4.39 Å². The Morgan fingerprint density at radius 2 is 1.85 bits per heavy atom. The second-order valence-corrected chi connectivity index (χ2v) is 14.0. The van der Waals surface area contributed by atoms with Crippen LogP contribution in [0.3, 0.4) is 0 Å². The highest BCUT2D eigenvalue weighted by Gasteiger charge is 2.62. The first kappa shape index (κ1) is 33.3. The first-order valence-corrected chi connectivity index (χ1v) is 15.4. The number of allylic oxidation sites excluding steroid dienone is 2. The van der Waals surface area contributed by atoms with Gasteiger partial charge in [-0.3, -0.25) is 19.3 Å². The van der Waals surface area contributed by atoms with Gasteiger partial charge in [-0.1, -0.05) is 39.0 Å². The van der Waals surface area contributed by atoms with Gasteiger partial charge in [0.2, 0.25) is 0 Å². The summed E-state index contributed by atoms with van der Waals surface area (Å²) in [6, 6.07) is 8.55. The van der Waals surface area contributed by atoms with E-state index >= 15 is 4.39 Å². The molecule has 0 bridgehead atoms. The number of likely N-dealkylation sites (N-methyl/N-ethyl adjacent to an activating group) is 1. The van der Waals surface area contributed by atoms with Crippen LogP contribution < -0.4 is 15.8 Å². The van der Waals surface area contributed by atoms with E-state index in [0.717, 1.165) is 0 Å². The molecule has 6 N–H and O–H groups in total. The molecule has 3 aliphatic carbocycles. The molecular formula is C35H42FN3O7. The summed E-state index contributed by atoms with van der Waals surface area (Å²) in [6.45, 7) is 7.23. The number of hydrogen-bond acceptors (Lipinski definition) is 9. The maximum absolute atomic E-state index is 16.3. The van der Waals surface area contributed by atoms with E-state index in [1.807, 2.05) is 20.8 Å². The summed E-state index contributed by atoms with van der Waals surface area (Å²) in [5.41, 5.74) is 3.22. The first-order chi connectivity index (χ1) is 21.5. The highest BCUT2D eigenvalue weighted by Crippen LogP contribution is 2.57. The minimum atomic E-state index is -1.62. The Hall–Kier alpha value is -4.06. The zero-order valence-electron chi connectivity index (χ0n) is 27.0. The summed E-state index contributed by atoms with van der Waals surface area (Å²) in [6.07, 6.45) is 0.185. The third-order valence-corrected chi connectivity index (χ3v) is 9.89. The summed E-state index contributed by atoms with van der Waals surface area (Å²) in [5, 5.41) is 35.5. The molecule has 0 unspecified atom stereocenters. The van der Waals surface area contributed by atoms with Gasteiger partial charge in [-0.15, -0.1) is 0 Å². The van der Waals surface area contributed by atoms with Gasteiger partial charge >= 0.3 is 0 Å². The number of nitrogens with one attached hydrogen (secondary N) is 1. The number of aliphatic hydroxyl groups is 2. The van der Waals surface area contributed by atoms with E-state index in [9.17, 15) is 29.7 Å². The number of halogens is 1. The Morgan fingerprint density at radius 1 is 1.20 bits per heavy atom. The van der Waals surface area contributed by atoms with Crippen molar-refractivity contribution in [2.45, 2.75) is 59.2 Å². The van der Waals surface area contributed by atoms with Gasteiger partial charge < -0.3 is 31.1 Å². The predicted octanol–water partition coefficient (Wildman–Crippen LogP) is 3.55. The number of ketones is 2. The number of primary amides is 1. The fourth-order valence-electron chi connectivity index (χ4n) is 7.40. The number of Topliss-reactive ketones (excluding diaryl/α,β-unsaturated/α-hetero) is 2. The number of amides is 1. The first-order valence-electron chi connectivity index (χ1n) is 15.4. The fourth-order valence-corrected chi connectivity index (χ4v) is 7.40. The van der Waals surface area contributed by atoms with E-state index in [0.29, 0.717) is 5.75 Å². The molecule has 246 valence electrons. The molecule has 0 saturated carbocycles. The van der Waals surface area contributed by atoms with Crippen LogP contribution in [0.1, 0.15) is 55.6 Å². The molecule has 0 heterocycles. The number of rotatable bonds is 8. The Morgan fingerprint density at radius 3 is 2.41 bits per heavy atom. The van der Waals surface area contributed by atoms with E-state index in [2.05, 4.69) is 5.32 Å². The van der Waals surface area contributed by atoms with Crippen molar-refractivity contribution in [2.75, 3.05) is 20.7 Å².